The van der Waals surface area contributed by atoms with Crippen LogP contribution in [0.15, 0.2) is 30.3 Å². The number of hydrogen-bond donors (Lipinski definition) is 1. The second-order valence-corrected chi connectivity index (χ2v) is 7.37. The Morgan fingerprint density at radius 1 is 0.931 bits per heavy atom. The molecule has 156 valence electrons. The van der Waals surface area contributed by atoms with Gasteiger partial charge in [0.2, 0.25) is 5.75 Å². The number of nitrogens with one attached hydrogen (secondary N) is 1. The summed E-state index contributed by atoms with van der Waals surface area (Å²) < 4.78 is 16.0. The van der Waals surface area contributed by atoms with Gasteiger partial charge in [0.25, 0.3) is 5.91 Å². The van der Waals surface area contributed by atoms with Crippen LogP contribution in [0.3, 0.4) is 0 Å². The third kappa shape index (κ3) is 4.88. The normalized spacial score (nSPS) is 14.1. The van der Waals surface area contributed by atoms with Crippen LogP contribution in [-0.4, -0.2) is 40.3 Å². The zero-order valence-electron chi connectivity index (χ0n) is 17.1. The maximum Gasteiger partial charge on any atom is 0.255 e. The summed E-state index contributed by atoms with van der Waals surface area (Å²) in [4.78, 5) is 15.4. The highest BCUT2D eigenvalue weighted by molar-refractivity contribution is 6.31. The van der Waals surface area contributed by atoms with Gasteiger partial charge in [0.05, 0.1) is 32.7 Å². The van der Waals surface area contributed by atoms with Crippen LogP contribution in [0.5, 0.6) is 17.2 Å². The number of amides is 1. The lowest BCUT2D eigenvalue weighted by Gasteiger charge is -2.26. The van der Waals surface area contributed by atoms with Crippen molar-refractivity contribution in [2.75, 3.05) is 44.6 Å². The number of hydrogen-bond acceptors (Lipinski definition) is 5. The van der Waals surface area contributed by atoms with Gasteiger partial charge in [0, 0.05) is 23.7 Å². The first-order chi connectivity index (χ1) is 14.1. The highest BCUT2D eigenvalue weighted by Crippen LogP contribution is 2.39. The lowest BCUT2D eigenvalue weighted by Crippen LogP contribution is -2.25. The molecule has 0 spiro atoms. The molecule has 29 heavy (non-hydrogen) atoms. The van der Waals surface area contributed by atoms with Crippen LogP contribution in [0.2, 0.25) is 5.02 Å². The molecular formula is C22H27ClN2O4. The molecule has 0 aliphatic carbocycles. The zero-order valence-corrected chi connectivity index (χ0v) is 17.8. The summed E-state index contributed by atoms with van der Waals surface area (Å²) in [5.74, 6) is 1.02. The van der Waals surface area contributed by atoms with Crippen LogP contribution >= 0.6 is 11.6 Å². The zero-order chi connectivity index (χ0) is 20.8. The van der Waals surface area contributed by atoms with Crippen LogP contribution in [0.25, 0.3) is 0 Å². The van der Waals surface area contributed by atoms with Crippen molar-refractivity contribution < 1.29 is 19.0 Å². The number of nitrogens with zero attached hydrogens (tertiary/aromatic N) is 1. The minimum Gasteiger partial charge on any atom is -0.493 e. The number of halogens is 1. The van der Waals surface area contributed by atoms with E-state index in [9.17, 15) is 4.79 Å². The first-order valence-electron chi connectivity index (χ1n) is 9.73. The Hall–Kier alpha value is -2.60. The van der Waals surface area contributed by atoms with E-state index in [1.807, 2.05) is 12.1 Å². The molecular weight excluding hydrogens is 392 g/mol. The first-order valence-corrected chi connectivity index (χ1v) is 10.1. The Bertz CT molecular complexity index is 839. The summed E-state index contributed by atoms with van der Waals surface area (Å²) in [5, 5.41) is 3.58. The Kier molecular flexibility index (Phi) is 7.09. The van der Waals surface area contributed by atoms with Gasteiger partial charge in [-0.3, -0.25) is 4.79 Å². The maximum absolute atomic E-state index is 13.0. The van der Waals surface area contributed by atoms with Gasteiger partial charge < -0.3 is 24.4 Å². The van der Waals surface area contributed by atoms with Gasteiger partial charge in [-0.2, -0.15) is 0 Å². The highest BCUT2D eigenvalue weighted by atomic mass is 35.5. The van der Waals surface area contributed by atoms with Crippen molar-refractivity contribution in [3.63, 3.8) is 0 Å². The Balaban J connectivity index is 1.92. The van der Waals surface area contributed by atoms with Crippen molar-refractivity contribution in [1.82, 2.24) is 0 Å². The van der Waals surface area contributed by atoms with Gasteiger partial charge in [0.1, 0.15) is 0 Å². The number of ether oxygens (including phenoxy) is 3. The Morgan fingerprint density at radius 2 is 1.55 bits per heavy atom. The summed E-state index contributed by atoms with van der Waals surface area (Å²) in [6.45, 7) is 1.93. The Morgan fingerprint density at radius 3 is 2.10 bits per heavy atom. The standard InChI is InChI=1S/C22H27ClN2O4/c1-27-19-12-15(13-20(28-2)21(19)29-3)22(26)24-17-14-16(23)8-9-18(17)25-10-6-4-5-7-11-25/h8-9,12-14H,4-7,10-11H2,1-3H3,(H,24,26). The lowest BCUT2D eigenvalue weighted by atomic mass is 10.1. The summed E-state index contributed by atoms with van der Waals surface area (Å²) in [6, 6.07) is 8.88. The number of anilines is 2. The van der Waals surface area contributed by atoms with Gasteiger partial charge in [-0.05, 0) is 43.2 Å². The van der Waals surface area contributed by atoms with E-state index in [2.05, 4.69) is 10.2 Å². The van der Waals surface area contributed by atoms with Crippen LogP contribution in [0.4, 0.5) is 11.4 Å². The van der Waals surface area contributed by atoms with Gasteiger partial charge in [-0.15, -0.1) is 0 Å². The van der Waals surface area contributed by atoms with Crippen LogP contribution in [0, 0.1) is 0 Å². The van der Waals surface area contributed by atoms with Gasteiger partial charge >= 0.3 is 0 Å². The Labute approximate surface area is 176 Å². The van der Waals surface area contributed by atoms with E-state index in [1.165, 1.54) is 34.2 Å². The average molecular weight is 419 g/mol. The molecule has 6 nitrogen and oxygen atoms in total. The molecule has 0 unspecified atom stereocenters. The highest BCUT2D eigenvalue weighted by Gasteiger charge is 2.20. The van der Waals surface area contributed by atoms with Gasteiger partial charge in [-0.25, -0.2) is 0 Å². The predicted octanol–water partition coefficient (Wildman–Crippen LogP) is 5.00. The van der Waals surface area contributed by atoms with Crippen molar-refractivity contribution in [2.45, 2.75) is 25.7 Å². The summed E-state index contributed by atoms with van der Waals surface area (Å²) >= 11 is 6.23. The third-order valence-corrected chi connectivity index (χ3v) is 5.32. The fourth-order valence-electron chi connectivity index (χ4n) is 3.60. The molecule has 0 aromatic heterocycles. The number of carbonyl (C=O) groups excluding carboxylic acids is 1. The van der Waals surface area contributed by atoms with Crippen LogP contribution in [0.1, 0.15) is 36.0 Å². The van der Waals surface area contributed by atoms with Gasteiger partial charge in [-0.1, -0.05) is 24.4 Å². The second kappa shape index (κ2) is 9.74. The molecule has 1 heterocycles. The van der Waals surface area contributed by atoms with E-state index in [1.54, 1.807) is 18.2 Å². The number of benzene rings is 2. The number of methoxy groups -OCH3 is 3. The second-order valence-electron chi connectivity index (χ2n) is 6.93. The maximum atomic E-state index is 13.0. The summed E-state index contributed by atoms with van der Waals surface area (Å²) in [5.41, 5.74) is 2.08. The molecule has 1 aliphatic rings. The quantitative estimate of drug-likeness (QED) is 0.715. The lowest BCUT2D eigenvalue weighted by molar-refractivity contribution is 0.102. The summed E-state index contributed by atoms with van der Waals surface area (Å²) in [7, 11) is 4.57. The minimum absolute atomic E-state index is 0.275. The van der Waals surface area contributed by atoms with E-state index < -0.39 is 0 Å². The fourth-order valence-corrected chi connectivity index (χ4v) is 3.77. The fraction of sp³-hybridized carbons (Fsp3) is 0.409. The average Bonchev–Trinajstić information content (AvgIpc) is 3.02. The molecule has 0 atom stereocenters. The first kappa shape index (κ1) is 21.1. The molecule has 1 fully saturated rings. The molecule has 2 aromatic carbocycles. The van der Waals surface area contributed by atoms with Crippen molar-refractivity contribution in [3.8, 4) is 17.2 Å². The smallest absolute Gasteiger partial charge is 0.255 e. The molecule has 2 aromatic rings. The molecule has 0 radical (unpaired) electrons. The van der Waals surface area contributed by atoms with E-state index >= 15 is 0 Å². The molecule has 1 saturated heterocycles. The monoisotopic (exact) mass is 418 g/mol. The minimum atomic E-state index is -0.275. The molecule has 1 amide bonds. The van der Waals surface area contributed by atoms with Crippen molar-refractivity contribution in [2.24, 2.45) is 0 Å². The van der Waals surface area contributed by atoms with Crippen LogP contribution in [-0.2, 0) is 0 Å². The van der Waals surface area contributed by atoms with Crippen LogP contribution < -0.4 is 24.4 Å². The molecule has 1 N–H and O–H groups in total. The molecule has 0 saturated carbocycles. The summed E-state index contributed by atoms with van der Waals surface area (Å²) in [6.07, 6.45) is 4.75. The number of rotatable bonds is 6. The molecule has 0 bridgehead atoms. The molecule has 7 heteroatoms. The van der Waals surface area contributed by atoms with E-state index in [4.69, 9.17) is 25.8 Å². The number of carbonyl (C=O) groups is 1. The van der Waals surface area contributed by atoms with E-state index in [-0.39, 0.29) is 5.91 Å². The van der Waals surface area contributed by atoms with Crippen molar-refractivity contribution >= 4 is 28.9 Å². The molecule has 3 rings (SSSR count). The van der Waals surface area contributed by atoms with Crippen molar-refractivity contribution in [3.05, 3.63) is 40.9 Å². The molecule has 1 aliphatic heterocycles. The third-order valence-electron chi connectivity index (χ3n) is 5.08. The van der Waals surface area contributed by atoms with Gasteiger partial charge in [0.15, 0.2) is 11.5 Å². The largest absolute Gasteiger partial charge is 0.493 e. The van der Waals surface area contributed by atoms with E-state index in [0.717, 1.165) is 31.6 Å². The topological polar surface area (TPSA) is 60.0 Å². The SMILES string of the molecule is COc1cc(C(=O)Nc2cc(Cl)ccc2N2CCCCCC2)cc(OC)c1OC. The van der Waals surface area contributed by atoms with Crippen molar-refractivity contribution in [1.29, 1.82) is 0 Å². The van der Waals surface area contributed by atoms with E-state index in [0.29, 0.717) is 33.5 Å². The predicted molar refractivity (Wildman–Crippen MR) is 116 cm³/mol.